The van der Waals surface area contributed by atoms with Gasteiger partial charge in [0.1, 0.15) is 5.82 Å². The highest BCUT2D eigenvalue weighted by molar-refractivity contribution is 5.27. The fourth-order valence-corrected chi connectivity index (χ4v) is 3.20. The van der Waals surface area contributed by atoms with Crippen molar-refractivity contribution in [3.05, 3.63) is 35.1 Å². The van der Waals surface area contributed by atoms with Crippen molar-refractivity contribution in [1.29, 1.82) is 0 Å². The summed E-state index contributed by atoms with van der Waals surface area (Å²) in [6.45, 7) is 5.17. The third-order valence-corrected chi connectivity index (χ3v) is 4.22. The zero-order chi connectivity index (χ0) is 13.7. The van der Waals surface area contributed by atoms with Gasteiger partial charge in [-0.25, -0.2) is 4.39 Å². The van der Waals surface area contributed by atoms with E-state index in [1.807, 2.05) is 19.1 Å². The van der Waals surface area contributed by atoms with Crippen LogP contribution in [0.25, 0.3) is 0 Å². The predicted octanol–water partition coefficient (Wildman–Crippen LogP) is 4.76. The molecule has 2 heteroatoms. The molecule has 1 saturated carbocycles. The molecule has 1 N–H and O–H groups in total. The molecule has 1 atom stereocenters. The van der Waals surface area contributed by atoms with E-state index in [0.717, 1.165) is 24.1 Å². The number of hydrogen-bond acceptors (Lipinski definition) is 1. The molecule has 1 aromatic rings. The SMILES string of the molecule is CCCNC(c1cc(C)ccc1F)C1CCCCC1. The van der Waals surface area contributed by atoms with E-state index in [9.17, 15) is 4.39 Å². The molecule has 0 aliphatic heterocycles. The highest BCUT2D eigenvalue weighted by atomic mass is 19.1. The molecule has 0 radical (unpaired) electrons. The van der Waals surface area contributed by atoms with Crippen LogP contribution in [-0.4, -0.2) is 6.54 Å². The van der Waals surface area contributed by atoms with Gasteiger partial charge in [-0.3, -0.25) is 0 Å². The summed E-state index contributed by atoms with van der Waals surface area (Å²) in [5, 5.41) is 3.58. The summed E-state index contributed by atoms with van der Waals surface area (Å²) in [5.74, 6) is 0.543. The summed E-state index contributed by atoms with van der Waals surface area (Å²) in [4.78, 5) is 0. The van der Waals surface area contributed by atoms with E-state index in [1.165, 1.54) is 32.1 Å². The van der Waals surface area contributed by atoms with E-state index in [0.29, 0.717) is 5.92 Å². The fourth-order valence-electron chi connectivity index (χ4n) is 3.20. The zero-order valence-corrected chi connectivity index (χ0v) is 12.2. The van der Waals surface area contributed by atoms with Crippen molar-refractivity contribution in [2.75, 3.05) is 6.54 Å². The van der Waals surface area contributed by atoms with Gasteiger partial charge < -0.3 is 5.32 Å². The van der Waals surface area contributed by atoms with Gasteiger partial charge >= 0.3 is 0 Å². The average molecular weight is 263 g/mol. The first-order valence-electron chi connectivity index (χ1n) is 7.71. The number of rotatable bonds is 5. The van der Waals surface area contributed by atoms with Crippen LogP contribution in [0.15, 0.2) is 18.2 Å². The highest BCUT2D eigenvalue weighted by Crippen LogP contribution is 2.35. The van der Waals surface area contributed by atoms with E-state index >= 15 is 0 Å². The number of halogens is 1. The van der Waals surface area contributed by atoms with Gasteiger partial charge in [0, 0.05) is 11.6 Å². The molecule has 0 bridgehead atoms. The smallest absolute Gasteiger partial charge is 0.128 e. The Hall–Kier alpha value is -0.890. The first kappa shape index (κ1) is 14.5. The van der Waals surface area contributed by atoms with Crippen LogP contribution in [0.3, 0.4) is 0 Å². The van der Waals surface area contributed by atoms with Crippen molar-refractivity contribution in [1.82, 2.24) is 5.32 Å². The van der Waals surface area contributed by atoms with Gasteiger partial charge in [-0.05, 0) is 44.7 Å². The third kappa shape index (κ3) is 3.79. The quantitative estimate of drug-likeness (QED) is 0.808. The summed E-state index contributed by atoms with van der Waals surface area (Å²) in [5.41, 5.74) is 2.02. The second-order valence-corrected chi connectivity index (χ2v) is 5.85. The van der Waals surface area contributed by atoms with Crippen molar-refractivity contribution in [3.63, 3.8) is 0 Å². The van der Waals surface area contributed by atoms with Crippen molar-refractivity contribution in [2.24, 2.45) is 5.92 Å². The van der Waals surface area contributed by atoms with Gasteiger partial charge in [0.25, 0.3) is 0 Å². The molecule has 1 unspecified atom stereocenters. The minimum atomic E-state index is -0.0511. The summed E-state index contributed by atoms with van der Waals surface area (Å²) in [7, 11) is 0. The van der Waals surface area contributed by atoms with Crippen LogP contribution in [0.4, 0.5) is 4.39 Å². The van der Waals surface area contributed by atoms with Gasteiger partial charge in [-0.1, -0.05) is 43.9 Å². The molecule has 0 spiro atoms. The monoisotopic (exact) mass is 263 g/mol. The van der Waals surface area contributed by atoms with Gasteiger partial charge in [0.05, 0.1) is 0 Å². The minimum absolute atomic E-state index is 0.0511. The van der Waals surface area contributed by atoms with Gasteiger partial charge in [-0.15, -0.1) is 0 Å². The first-order chi connectivity index (χ1) is 9.22. The second kappa shape index (κ2) is 7.04. The number of hydrogen-bond donors (Lipinski definition) is 1. The molecular weight excluding hydrogens is 237 g/mol. The molecule has 0 heterocycles. The molecule has 2 rings (SSSR count). The molecule has 1 fully saturated rings. The van der Waals surface area contributed by atoms with E-state index < -0.39 is 0 Å². The summed E-state index contributed by atoms with van der Waals surface area (Å²) >= 11 is 0. The largest absolute Gasteiger partial charge is 0.310 e. The molecule has 0 amide bonds. The zero-order valence-electron chi connectivity index (χ0n) is 12.2. The Kier molecular flexibility index (Phi) is 5.38. The topological polar surface area (TPSA) is 12.0 Å². The molecule has 1 aliphatic carbocycles. The van der Waals surface area contributed by atoms with Crippen molar-refractivity contribution >= 4 is 0 Å². The molecule has 1 aliphatic rings. The molecule has 0 aromatic heterocycles. The molecule has 0 saturated heterocycles. The predicted molar refractivity (Wildman–Crippen MR) is 78.7 cm³/mol. The van der Waals surface area contributed by atoms with Crippen molar-refractivity contribution in [3.8, 4) is 0 Å². The Morgan fingerprint density at radius 3 is 2.68 bits per heavy atom. The lowest BCUT2D eigenvalue weighted by atomic mass is 9.80. The lowest BCUT2D eigenvalue weighted by Gasteiger charge is -2.32. The second-order valence-electron chi connectivity index (χ2n) is 5.85. The van der Waals surface area contributed by atoms with E-state index in [-0.39, 0.29) is 11.9 Å². The van der Waals surface area contributed by atoms with Crippen LogP contribution in [0.1, 0.15) is 62.6 Å². The first-order valence-corrected chi connectivity index (χ1v) is 7.71. The lowest BCUT2D eigenvalue weighted by Crippen LogP contribution is -2.31. The Morgan fingerprint density at radius 2 is 2.00 bits per heavy atom. The molecule has 19 heavy (non-hydrogen) atoms. The van der Waals surface area contributed by atoms with Crippen LogP contribution >= 0.6 is 0 Å². The van der Waals surface area contributed by atoms with Crippen LogP contribution < -0.4 is 5.32 Å². The minimum Gasteiger partial charge on any atom is -0.310 e. The van der Waals surface area contributed by atoms with Gasteiger partial charge in [0.2, 0.25) is 0 Å². The maximum absolute atomic E-state index is 14.2. The van der Waals surface area contributed by atoms with Crippen LogP contribution in [-0.2, 0) is 0 Å². The number of aryl methyl sites for hydroxylation is 1. The van der Waals surface area contributed by atoms with E-state index in [4.69, 9.17) is 0 Å². The molecule has 106 valence electrons. The molecule has 1 nitrogen and oxygen atoms in total. The average Bonchev–Trinajstić information content (AvgIpc) is 2.44. The van der Waals surface area contributed by atoms with Crippen molar-refractivity contribution in [2.45, 2.75) is 58.4 Å². The maximum atomic E-state index is 14.2. The van der Waals surface area contributed by atoms with Crippen molar-refractivity contribution < 1.29 is 4.39 Å². The number of benzene rings is 1. The maximum Gasteiger partial charge on any atom is 0.128 e. The Labute approximate surface area is 116 Å². The lowest BCUT2D eigenvalue weighted by molar-refractivity contribution is 0.267. The van der Waals surface area contributed by atoms with Crippen LogP contribution in [0, 0.1) is 18.7 Å². The van der Waals surface area contributed by atoms with E-state index in [1.54, 1.807) is 6.07 Å². The Morgan fingerprint density at radius 1 is 1.26 bits per heavy atom. The normalized spacial score (nSPS) is 18.5. The van der Waals surface area contributed by atoms with Crippen LogP contribution in [0.2, 0.25) is 0 Å². The summed E-state index contributed by atoms with van der Waals surface area (Å²) in [6, 6.07) is 5.70. The summed E-state index contributed by atoms with van der Waals surface area (Å²) < 4.78 is 14.2. The fraction of sp³-hybridized carbons (Fsp3) is 0.647. The third-order valence-electron chi connectivity index (χ3n) is 4.22. The van der Waals surface area contributed by atoms with Gasteiger partial charge in [0.15, 0.2) is 0 Å². The standard InChI is InChI=1S/C17H26FN/c1-3-11-19-17(14-7-5-4-6-8-14)15-12-13(2)9-10-16(15)18/h9-10,12,14,17,19H,3-8,11H2,1-2H3. The summed E-state index contributed by atoms with van der Waals surface area (Å²) in [6.07, 6.45) is 7.48. The highest BCUT2D eigenvalue weighted by Gasteiger charge is 2.26. The Bertz CT molecular complexity index is 396. The Balaban J connectivity index is 2.22. The molecular formula is C17H26FN. The van der Waals surface area contributed by atoms with Crippen LogP contribution in [0.5, 0.6) is 0 Å². The molecule has 1 aromatic carbocycles. The van der Waals surface area contributed by atoms with Gasteiger partial charge in [-0.2, -0.15) is 0 Å². The van der Waals surface area contributed by atoms with E-state index in [2.05, 4.69) is 12.2 Å². The number of nitrogens with one attached hydrogen (secondary N) is 1.